The molecule has 0 saturated carbocycles. The van der Waals surface area contributed by atoms with Crippen LogP contribution in [0.1, 0.15) is 11.1 Å². The minimum absolute atomic E-state index is 0.658. The molecule has 0 radical (unpaired) electrons. The van der Waals surface area contributed by atoms with Crippen LogP contribution < -0.4 is 11.1 Å². The lowest BCUT2D eigenvalue weighted by atomic mass is 10.1. The zero-order valence-electron chi connectivity index (χ0n) is 11.3. The number of nitrogens with zero attached hydrogens (tertiary/aromatic N) is 2. The van der Waals surface area contributed by atoms with E-state index in [4.69, 9.17) is 5.73 Å². The molecule has 100 valence electrons. The molecule has 0 aliphatic carbocycles. The van der Waals surface area contributed by atoms with Gasteiger partial charge in [-0.3, -0.25) is 9.97 Å². The van der Waals surface area contributed by atoms with E-state index in [1.165, 1.54) is 5.56 Å². The van der Waals surface area contributed by atoms with Gasteiger partial charge in [-0.1, -0.05) is 18.2 Å². The number of nitrogens with two attached hydrogens (primary N) is 1. The summed E-state index contributed by atoms with van der Waals surface area (Å²) in [5.41, 5.74) is 10.9. The maximum Gasteiger partial charge on any atom is 0.0743 e. The van der Waals surface area contributed by atoms with Gasteiger partial charge in [-0.2, -0.15) is 0 Å². The zero-order valence-corrected chi connectivity index (χ0v) is 11.3. The van der Waals surface area contributed by atoms with Crippen LogP contribution in [-0.4, -0.2) is 9.97 Å². The van der Waals surface area contributed by atoms with Crippen molar-refractivity contribution in [2.75, 3.05) is 11.1 Å². The van der Waals surface area contributed by atoms with Crippen molar-refractivity contribution in [3.8, 4) is 0 Å². The second-order valence-electron chi connectivity index (χ2n) is 4.76. The molecule has 0 aliphatic heterocycles. The Kier molecular flexibility index (Phi) is 3.21. The quantitative estimate of drug-likeness (QED) is 0.763. The normalized spacial score (nSPS) is 10.7. The third kappa shape index (κ3) is 2.28. The molecule has 1 aromatic carbocycles. The lowest BCUT2D eigenvalue weighted by molar-refractivity contribution is 1.08. The van der Waals surface area contributed by atoms with Gasteiger partial charge in [0.1, 0.15) is 0 Å². The monoisotopic (exact) mass is 264 g/mol. The molecule has 2 heterocycles. The Balaban J connectivity index is 1.95. The van der Waals surface area contributed by atoms with Gasteiger partial charge in [-0.05, 0) is 30.2 Å². The van der Waals surface area contributed by atoms with Gasteiger partial charge in [0, 0.05) is 24.3 Å². The van der Waals surface area contributed by atoms with E-state index in [-0.39, 0.29) is 0 Å². The highest BCUT2D eigenvalue weighted by atomic mass is 14.9. The third-order valence-corrected chi connectivity index (χ3v) is 3.41. The number of para-hydroxylation sites is 1. The van der Waals surface area contributed by atoms with Gasteiger partial charge in [-0.15, -0.1) is 0 Å². The average molecular weight is 264 g/mol. The van der Waals surface area contributed by atoms with Crippen LogP contribution in [0.4, 0.5) is 11.4 Å². The third-order valence-electron chi connectivity index (χ3n) is 3.41. The number of anilines is 2. The van der Waals surface area contributed by atoms with Crippen LogP contribution in [0.2, 0.25) is 0 Å². The van der Waals surface area contributed by atoms with Crippen LogP contribution in [0.15, 0.2) is 48.9 Å². The molecule has 0 fully saturated rings. The molecule has 0 aliphatic rings. The van der Waals surface area contributed by atoms with Crippen molar-refractivity contribution in [1.29, 1.82) is 0 Å². The molecular weight excluding hydrogens is 248 g/mol. The number of aromatic nitrogens is 2. The lowest BCUT2D eigenvalue weighted by Crippen LogP contribution is -2.05. The summed E-state index contributed by atoms with van der Waals surface area (Å²) in [5.74, 6) is 0. The first-order valence-electron chi connectivity index (χ1n) is 6.52. The summed E-state index contributed by atoms with van der Waals surface area (Å²) in [5, 5.41) is 4.44. The Labute approximate surface area is 117 Å². The first kappa shape index (κ1) is 12.4. The highest BCUT2D eigenvalue weighted by molar-refractivity contribution is 5.96. The van der Waals surface area contributed by atoms with Gasteiger partial charge in [0.05, 0.1) is 23.1 Å². The standard InChI is InChI=1S/C16H16N4/c1-11-6-7-18-8-12(11)9-20-16-13-4-2-3-5-15(13)19-10-14(16)17/h2-8,10H,9,17H2,1H3,(H,19,20). The summed E-state index contributed by atoms with van der Waals surface area (Å²) < 4.78 is 0. The van der Waals surface area contributed by atoms with E-state index in [0.717, 1.165) is 22.2 Å². The second-order valence-corrected chi connectivity index (χ2v) is 4.76. The summed E-state index contributed by atoms with van der Waals surface area (Å²) >= 11 is 0. The molecule has 0 unspecified atom stereocenters. The van der Waals surface area contributed by atoms with Crippen molar-refractivity contribution in [3.05, 3.63) is 60.0 Å². The van der Waals surface area contributed by atoms with Crippen molar-refractivity contribution >= 4 is 22.3 Å². The Morgan fingerprint density at radius 1 is 1.15 bits per heavy atom. The Hall–Kier alpha value is -2.62. The van der Waals surface area contributed by atoms with E-state index in [2.05, 4.69) is 22.2 Å². The first-order valence-corrected chi connectivity index (χ1v) is 6.52. The Bertz CT molecular complexity index is 752. The van der Waals surface area contributed by atoms with Gasteiger partial charge < -0.3 is 11.1 Å². The summed E-state index contributed by atoms with van der Waals surface area (Å²) in [7, 11) is 0. The predicted octanol–water partition coefficient (Wildman–Crippen LogP) is 3.13. The molecule has 4 nitrogen and oxygen atoms in total. The maximum atomic E-state index is 6.05. The number of nitrogen functional groups attached to an aromatic ring is 1. The summed E-state index contributed by atoms with van der Waals surface area (Å²) in [6, 6.07) is 9.97. The molecule has 4 heteroatoms. The van der Waals surface area contributed by atoms with E-state index in [1.54, 1.807) is 12.4 Å². The Morgan fingerprint density at radius 2 is 2.00 bits per heavy atom. The largest absolute Gasteiger partial charge is 0.396 e. The molecule has 3 N–H and O–H groups in total. The number of rotatable bonds is 3. The van der Waals surface area contributed by atoms with Crippen molar-refractivity contribution in [2.45, 2.75) is 13.5 Å². The van der Waals surface area contributed by atoms with Gasteiger partial charge in [0.25, 0.3) is 0 Å². The lowest BCUT2D eigenvalue weighted by Gasteiger charge is -2.13. The summed E-state index contributed by atoms with van der Waals surface area (Å²) in [4.78, 5) is 8.50. The molecule has 3 rings (SSSR count). The van der Waals surface area contributed by atoms with Crippen molar-refractivity contribution < 1.29 is 0 Å². The zero-order chi connectivity index (χ0) is 13.9. The van der Waals surface area contributed by atoms with E-state index >= 15 is 0 Å². The van der Waals surface area contributed by atoms with Gasteiger partial charge in [-0.25, -0.2) is 0 Å². The summed E-state index contributed by atoms with van der Waals surface area (Å²) in [6.45, 7) is 2.77. The molecule has 3 aromatic rings. The van der Waals surface area contributed by atoms with Gasteiger partial charge in [0.15, 0.2) is 0 Å². The van der Waals surface area contributed by atoms with Crippen molar-refractivity contribution in [3.63, 3.8) is 0 Å². The molecule has 0 saturated heterocycles. The molecule has 0 atom stereocenters. The topological polar surface area (TPSA) is 63.8 Å². The molecular formula is C16H16N4. The molecule has 0 amide bonds. The number of nitrogens with one attached hydrogen (secondary N) is 1. The van der Waals surface area contributed by atoms with E-state index in [0.29, 0.717) is 12.2 Å². The van der Waals surface area contributed by atoms with Crippen molar-refractivity contribution in [1.82, 2.24) is 9.97 Å². The molecule has 20 heavy (non-hydrogen) atoms. The fraction of sp³-hybridized carbons (Fsp3) is 0.125. The van der Waals surface area contributed by atoms with Gasteiger partial charge in [0.2, 0.25) is 0 Å². The van der Waals surface area contributed by atoms with E-state index < -0.39 is 0 Å². The van der Waals surface area contributed by atoms with Gasteiger partial charge >= 0.3 is 0 Å². The van der Waals surface area contributed by atoms with Crippen LogP contribution in [0.3, 0.4) is 0 Å². The smallest absolute Gasteiger partial charge is 0.0743 e. The predicted molar refractivity (Wildman–Crippen MR) is 82.5 cm³/mol. The molecule has 0 spiro atoms. The van der Waals surface area contributed by atoms with Crippen LogP contribution in [0.5, 0.6) is 0 Å². The van der Waals surface area contributed by atoms with Crippen LogP contribution in [0.25, 0.3) is 10.9 Å². The number of aryl methyl sites for hydroxylation is 1. The SMILES string of the molecule is Cc1ccncc1CNc1c(N)cnc2ccccc12. The van der Waals surface area contributed by atoms with E-state index in [1.807, 2.05) is 36.5 Å². The minimum Gasteiger partial charge on any atom is -0.396 e. The highest BCUT2D eigenvalue weighted by Crippen LogP contribution is 2.28. The molecule has 0 bridgehead atoms. The fourth-order valence-corrected chi connectivity index (χ4v) is 2.22. The first-order chi connectivity index (χ1) is 9.75. The van der Waals surface area contributed by atoms with Crippen LogP contribution in [-0.2, 0) is 6.54 Å². The maximum absolute atomic E-state index is 6.05. The minimum atomic E-state index is 0.658. The number of benzene rings is 1. The van der Waals surface area contributed by atoms with Crippen LogP contribution in [0, 0.1) is 6.92 Å². The number of hydrogen-bond donors (Lipinski definition) is 2. The second kappa shape index (κ2) is 5.17. The van der Waals surface area contributed by atoms with Crippen LogP contribution >= 0.6 is 0 Å². The average Bonchev–Trinajstić information content (AvgIpc) is 2.48. The number of fused-ring (bicyclic) bond motifs is 1. The highest BCUT2D eigenvalue weighted by Gasteiger charge is 2.06. The Morgan fingerprint density at radius 3 is 2.85 bits per heavy atom. The summed E-state index contributed by atoms with van der Waals surface area (Å²) in [6.07, 6.45) is 5.37. The fourth-order valence-electron chi connectivity index (χ4n) is 2.22. The van der Waals surface area contributed by atoms with Crippen molar-refractivity contribution in [2.24, 2.45) is 0 Å². The number of pyridine rings is 2. The molecule has 2 aromatic heterocycles. The number of hydrogen-bond acceptors (Lipinski definition) is 4. The van der Waals surface area contributed by atoms with E-state index in [9.17, 15) is 0 Å².